The first-order valence-corrected chi connectivity index (χ1v) is 6.38. The van der Waals surface area contributed by atoms with Crippen LogP contribution >= 0.6 is 15.9 Å². The Labute approximate surface area is 113 Å². The predicted molar refractivity (Wildman–Crippen MR) is 68.1 cm³/mol. The van der Waals surface area contributed by atoms with Gasteiger partial charge in [0.05, 0.1) is 11.8 Å². The fourth-order valence-corrected chi connectivity index (χ4v) is 2.40. The van der Waals surface area contributed by atoms with Gasteiger partial charge < -0.3 is 10.0 Å². The van der Waals surface area contributed by atoms with Gasteiger partial charge in [-0.1, -0.05) is 0 Å². The highest BCUT2D eigenvalue weighted by Crippen LogP contribution is 2.34. The van der Waals surface area contributed by atoms with E-state index in [4.69, 9.17) is 5.11 Å². The summed E-state index contributed by atoms with van der Waals surface area (Å²) in [6, 6.07) is 5.99. The van der Waals surface area contributed by atoms with E-state index in [9.17, 15) is 10.1 Å². The zero-order chi connectivity index (χ0) is 13.2. The topological polar surface area (TPSA) is 77.2 Å². The predicted octanol–water partition coefficient (Wildman–Crippen LogP) is 2.38. The van der Waals surface area contributed by atoms with E-state index in [2.05, 4.69) is 27.0 Å². The molecule has 2 rings (SSSR count). The molecule has 94 valence electrons. The number of nitriles is 1. The average molecular weight is 310 g/mol. The first kappa shape index (κ1) is 12.8. The Bertz CT molecular complexity index is 487. The second kappa shape index (κ2) is 4.94. The number of pyridine rings is 1. The molecule has 0 bridgehead atoms. The summed E-state index contributed by atoms with van der Waals surface area (Å²) in [5, 5.41) is 18.3. The molecule has 1 aliphatic rings. The van der Waals surface area contributed by atoms with Crippen LogP contribution in [0.3, 0.4) is 0 Å². The quantitative estimate of drug-likeness (QED) is 0.864. The Morgan fingerprint density at radius 1 is 1.50 bits per heavy atom. The first-order valence-electron chi connectivity index (χ1n) is 5.58. The fourth-order valence-electron chi connectivity index (χ4n) is 2.16. The molecule has 1 amide bonds. The largest absolute Gasteiger partial charge is 0.465 e. The van der Waals surface area contributed by atoms with Gasteiger partial charge in [-0.15, -0.1) is 0 Å². The van der Waals surface area contributed by atoms with Gasteiger partial charge in [0.25, 0.3) is 0 Å². The summed E-state index contributed by atoms with van der Waals surface area (Å²) in [6.07, 6.45) is 1.72. The lowest BCUT2D eigenvalue weighted by Crippen LogP contribution is -2.44. The molecule has 0 aromatic carbocycles. The molecule has 2 heterocycles. The van der Waals surface area contributed by atoms with Gasteiger partial charge in [0.15, 0.2) is 0 Å². The van der Waals surface area contributed by atoms with Crippen molar-refractivity contribution in [2.75, 3.05) is 13.1 Å². The molecule has 5 nitrogen and oxygen atoms in total. The van der Waals surface area contributed by atoms with Crippen LogP contribution in [0.2, 0.25) is 0 Å². The Morgan fingerprint density at radius 2 is 2.17 bits per heavy atom. The Kier molecular flexibility index (Phi) is 3.53. The van der Waals surface area contributed by atoms with Gasteiger partial charge in [0.1, 0.15) is 5.41 Å². The van der Waals surface area contributed by atoms with Crippen LogP contribution in [0, 0.1) is 11.3 Å². The number of piperidine rings is 1. The van der Waals surface area contributed by atoms with Gasteiger partial charge in [-0.2, -0.15) is 5.26 Å². The number of nitrogens with zero attached hydrogens (tertiary/aromatic N) is 3. The van der Waals surface area contributed by atoms with Crippen LogP contribution in [0.15, 0.2) is 22.8 Å². The maximum absolute atomic E-state index is 10.9. The van der Waals surface area contributed by atoms with Crippen molar-refractivity contribution in [1.29, 1.82) is 5.26 Å². The van der Waals surface area contributed by atoms with E-state index in [-0.39, 0.29) is 0 Å². The van der Waals surface area contributed by atoms with E-state index in [0.29, 0.717) is 25.9 Å². The number of rotatable bonds is 1. The summed E-state index contributed by atoms with van der Waals surface area (Å²) in [5.41, 5.74) is 0.0605. The van der Waals surface area contributed by atoms with Crippen molar-refractivity contribution in [1.82, 2.24) is 9.88 Å². The minimum Gasteiger partial charge on any atom is -0.465 e. The number of amides is 1. The third-order valence-electron chi connectivity index (χ3n) is 3.32. The molecule has 1 saturated heterocycles. The number of carboxylic acid groups (broad SMARTS) is 1. The molecule has 0 radical (unpaired) electrons. The molecule has 0 aliphatic carbocycles. The van der Waals surface area contributed by atoms with Crippen molar-refractivity contribution < 1.29 is 9.90 Å². The van der Waals surface area contributed by atoms with Crippen LogP contribution in [-0.4, -0.2) is 34.2 Å². The van der Waals surface area contributed by atoms with Crippen LogP contribution in [-0.2, 0) is 5.41 Å². The molecule has 0 spiro atoms. The van der Waals surface area contributed by atoms with Gasteiger partial charge in [0, 0.05) is 23.8 Å². The third kappa shape index (κ3) is 2.31. The molecule has 1 N–H and O–H groups in total. The second-order valence-electron chi connectivity index (χ2n) is 4.33. The zero-order valence-electron chi connectivity index (χ0n) is 9.64. The molecule has 1 aromatic rings. The van der Waals surface area contributed by atoms with Crippen molar-refractivity contribution in [3.8, 4) is 6.07 Å². The highest BCUT2D eigenvalue weighted by atomic mass is 79.9. The standard InChI is InChI=1S/C12H12BrN3O2/c13-9-1-2-10(15-7-9)12(8-14)3-5-16(6-4-12)11(17)18/h1-2,7H,3-6H2,(H,17,18). The van der Waals surface area contributed by atoms with Crippen LogP contribution in [0.1, 0.15) is 18.5 Å². The molecular weight excluding hydrogens is 298 g/mol. The van der Waals surface area contributed by atoms with E-state index in [0.717, 1.165) is 10.2 Å². The molecule has 0 saturated carbocycles. The van der Waals surface area contributed by atoms with Crippen molar-refractivity contribution in [3.63, 3.8) is 0 Å². The SMILES string of the molecule is N#CC1(c2ccc(Br)cn2)CCN(C(=O)O)CC1. The zero-order valence-corrected chi connectivity index (χ0v) is 11.2. The summed E-state index contributed by atoms with van der Waals surface area (Å²) >= 11 is 3.31. The Balaban J connectivity index is 2.22. The maximum Gasteiger partial charge on any atom is 0.407 e. The van der Waals surface area contributed by atoms with Crippen molar-refractivity contribution in [2.24, 2.45) is 0 Å². The van der Waals surface area contributed by atoms with E-state index >= 15 is 0 Å². The highest BCUT2D eigenvalue weighted by molar-refractivity contribution is 9.10. The lowest BCUT2D eigenvalue weighted by molar-refractivity contribution is 0.124. The van der Waals surface area contributed by atoms with Gasteiger partial charge in [-0.3, -0.25) is 4.98 Å². The summed E-state index contributed by atoms with van der Waals surface area (Å²) in [7, 11) is 0. The number of hydrogen-bond donors (Lipinski definition) is 1. The number of carbonyl (C=O) groups is 1. The molecular formula is C12H12BrN3O2. The van der Waals surface area contributed by atoms with Crippen molar-refractivity contribution in [2.45, 2.75) is 18.3 Å². The van der Waals surface area contributed by atoms with Crippen LogP contribution in [0.25, 0.3) is 0 Å². The normalized spacial score (nSPS) is 18.1. The van der Waals surface area contributed by atoms with Crippen LogP contribution in [0.4, 0.5) is 4.79 Å². The van der Waals surface area contributed by atoms with Crippen molar-refractivity contribution >= 4 is 22.0 Å². The maximum atomic E-state index is 10.9. The minimum atomic E-state index is -0.926. The lowest BCUT2D eigenvalue weighted by Gasteiger charge is -2.35. The van der Waals surface area contributed by atoms with E-state index in [1.807, 2.05) is 12.1 Å². The molecule has 1 aromatic heterocycles. The molecule has 1 fully saturated rings. The molecule has 1 aliphatic heterocycles. The Morgan fingerprint density at radius 3 is 2.61 bits per heavy atom. The first-order chi connectivity index (χ1) is 8.57. The van der Waals surface area contributed by atoms with Gasteiger partial charge in [-0.05, 0) is 40.9 Å². The molecule has 6 heteroatoms. The fraction of sp³-hybridized carbons (Fsp3) is 0.417. The number of halogens is 1. The number of aromatic nitrogens is 1. The van der Waals surface area contributed by atoms with E-state index in [1.165, 1.54) is 4.90 Å². The van der Waals surface area contributed by atoms with Gasteiger partial charge >= 0.3 is 6.09 Å². The van der Waals surface area contributed by atoms with Crippen molar-refractivity contribution in [3.05, 3.63) is 28.5 Å². The third-order valence-corrected chi connectivity index (χ3v) is 3.79. The van der Waals surface area contributed by atoms with E-state index in [1.54, 1.807) is 6.20 Å². The summed E-state index contributed by atoms with van der Waals surface area (Å²) in [6.45, 7) is 0.751. The Hall–Kier alpha value is -1.61. The number of hydrogen-bond acceptors (Lipinski definition) is 3. The van der Waals surface area contributed by atoms with E-state index < -0.39 is 11.5 Å². The average Bonchev–Trinajstić information content (AvgIpc) is 2.39. The lowest BCUT2D eigenvalue weighted by atomic mass is 9.77. The summed E-state index contributed by atoms with van der Waals surface area (Å²) < 4.78 is 0.863. The number of likely N-dealkylation sites (tertiary alicyclic amines) is 1. The van der Waals surface area contributed by atoms with Crippen LogP contribution in [0.5, 0.6) is 0 Å². The minimum absolute atomic E-state index is 0.376. The molecule has 0 atom stereocenters. The summed E-state index contributed by atoms with van der Waals surface area (Å²) in [4.78, 5) is 16.5. The summed E-state index contributed by atoms with van der Waals surface area (Å²) in [5.74, 6) is 0. The monoisotopic (exact) mass is 309 g/mol. The molecule has 0 unspecified atom stereocenters. The molecule has 18 heavy (non-hydrogen) atoms. The smallest absolute Gasteiger partial charge is 0.407 e. The second-order valence-corrected chi connectivity index (χ2v) is 5.24. The van der Waals surface area contributed by atoms with Crippen LogP contribution < -0.4 is 0 Å². The highest BCUT2D eigenvalue weighted by Gasteiger charge is 2.38. The van der Waals surface area contributed by atoms with Gasteiger partial charge in [0.2, 0.25) is 0 Å². The van der Waals surface area contributed by atoms with Gasteiger partial charge in [-0.25, -0.2) is 4.79 Å².